The number of hydrogen-bond acceptors (Lipinski definition) is 3. The van der Waals surface area contributed by atoms with Crippen LogP contribution in [0.1, 0.15) is 5.56 Å². The molecule has 1 aliphatic heterocycles. The molecule has 1 aliphatic rings. The molecule has 0 saturated heterocycles. The summed E-state index contributed by atoms with van der Waals surface area (Å²) in [5.41, 5.74) is 6.77. The average molecular weight is 365 g/mol. The minimum atomic E-state index is -0.733. The van der Waals surface area contributed by atoms with Crippen LogP contribution in [0.5, 0.6) is 11.5 Å². The number of halogens is 3. The number of benzene rings is 2. The van der Waals surface area contributed by atoms with Gasteiger partial charge in [-0.3, -0.25) is 4.79 Å². The van der Waals surface area contributed by atoms with Gasteiger partial charge in [-0.25, -0.2) is 8.78 Å². The minimum Gasteiger partial charge on any atom is -0.450 e. The van der Waals surface area contributed by atoms with Crippen molar-refractivity contribution in [3.63, 3.8) is 0 Å². The molecule has 1 heterocycles. The zero-order chi connectivity index (χ0) is 18.1. The summed E-state index contributed by atoms with van der Waals surface area (Å²) in [5.74, 6) is -1.89. The molecule has 7 heteroatoms. The van der Waals surface area contributed by atoms with Crippen molar-refractivity contribution in [3.8, 4) is 11.5 Å². The van der Waals surface area contributed by atoms with E-state index in [0.29, 0.717) is 5.56 Å². The Hall–Kier alpha value is -2.44. The predicted octanol–water partition coefficient (Wildman–Crippen LogP) is 3.81. The topological polar surface area (TPSA) is 55.6 Å². The molecule has 3 rings (SSSR count). The van der Waals surface area contributed by atoms with Crippen molar-refractivity contribution < 1.29 is 18.3 Å². The van der Waals surface area contributed by atoms with Gasteiger partial charge in [-0.2, -0.15) is 0 Å². The van der Waals surface area contributed by atoms with Crippen molar-refractivity contribution in [2.45, 2.75) is 12.5 Å². The third-order valence-electron chi connectivity index (χ3n) is 3.88. The van der Waals surface area contributed by atoms with Crippen molar-refractivity contribution >= 4 is 23.2 Å². The lowest BCUT2D eigenvalue weighted by atomic mass is 9.96. The van der Waals surface area contributed by atoms with Crippen LogP contribution in [0, 0.1) is 11.6 Å². The smallest absolute Gasteiger partial charge is 0.244 e. The number of carbonyl (C=O) groups excluding carboxylic acids is 1. The highest BCUT2D eigenvalue weighted by molar-refractivity contribution is 6.32. The summed E-state index contributed by atoms with van der Waals surface area (Å²) in [6.07, 6.45) is 1.75. The first-order valence-corrected chi connectivity index (χ1v) is 7.92. The molecule has 0 aliphatic carbocycles. The number of ether oxygens (including phenoxy) is 1. The summed E-state index contributed by atoms with van der Waals surface area (Å²) in [6.45, 7) is 3.74. The fourth-order valence-electron chi connectivity index (χ4n) is 2.76. The van der Waals surface area contributed by atoms with Gasteiger partial charge < -0.3 is 15.4 Å². The molecule has 0 bridgehead atoms. The maximum Gasteiger partial charge on any atom is 0.244 e. The molecule has 1 amide bonds. The molecule has 2 aromatic carbocycles. The second-order valence-electron chi connectivity index (χ2n) is 5.61. The van der Waals surface area contributed by atoms with Gasteiger partial charge in [0.05, 0.1) is 16.8 Å². The van der Waals surface area contributed by atoms with Crippen LogP contribution in [0.2, 0.25) is 5.02 Å². The van der Waals surface area contributed by atoms with Gasteiger partial charge in [-0.05, 0) is 30.2 Å². The fourth-order valence-corrected chi connectivity index (χ4v) is 2.91. The van der Waals surface area contributed by atoms with E-state index < -0.39 is 17.7 Å². The SMILES string of the molecule is C=CCN1C(=O)[C@H](N)Cc2ccc(F)c(Oc3cc(F)ccc3Cl)c21. The summed E-state index contributed by atoms with van der Waals surface area (Å²) in [4.78, 5) is 13.7. The van der Waals surface area contributed by atoms with Crippen LogP contribution in [0.15, 0.2) is 43.0 Å². The average Bonchev–Trinajstić information content (AvgIpc) is 2.58. The molecule has 0 fully saturated rings. The Labute approximate surface area is 148 Å². The first-order valence-electron chi connectivity index (χ1n) is 7.54. The molecule has 2 aromatic rings. The third-order valence-corrected chi connectivity index (χ3v) is 4.19. The molecular formula is C18H15ClF2N2O2. The number of fused-ring (bicyclic) bond motifs is 1. The van der Waals surface area contributed by atoms with Crippen molar-refractivity contribution in [2.75, 3.05) is 11.4 Å². The number of nitrogens with zero attached hydrogens (tertiary/aromatic N) is 1. The lowest BCUT2D eigenvalue weighted by Gasteiger charge is -2.33. The van der Waals surface area contributed by atoms with Gasteiger partial charge in [-0.1, -0.05) is 23.7 Å². The summed E-state index contributed by atoms with van der Waals surface area (Å²) in [6, 6.07) is 5.56. The third kappa shape index (κ3) is 3.23. The molecule has 0 saturated carbocycles. The highest BCUT2D eigenvalue weighted by atomic mass is 35.5. The number of anilines is 1. The summed E-state index contributed by atoms with van der Waals surface area (Å²) < 4.78 is 33.5. The van der Waals surface area contributed by atoms with E-state index in [1.807, 2.05) is 0 Å². The molecule has 2 N–H and O–H groups in total. The van der Waals surface area contributed by atoms with E-state index >= 15 is 0 Å². The predicted molar refractivity (Wildman–Crippen MR) is 92.1 cm³/mol. The Bertz CT molecular complexity index is 857. The molecule has 130 valence electrons. The first kappa shape index (κ1) is 17.4. The highest BCUT2D eigenvalue weighted by Crippen LogP contribution is 2.42. The molecule has 0 spiro atoms. The van der Waals surface area contributed by atoms with E-state index in [2.05, 4.69) is 6.58 Å². The molecule has 0 unspecified atom stereocenters. The van der Waals surface area contributed by atoms with Crippen LogP contribution in [0.4, 0.5) is 14.5 Å². The van der Waals surface area contributed by atoms with Gasteiger partial charge in [0.2, 0.25) is 5.91 Å². The normalized spacial score (nSPS) is 16.6. The Morgan fingerprint density at radius 3 is 2.84 bits per heavy atom. The van der Waals surface area contributed by atoms with Gasteiger partial charge in [0.1, 0.15) is 11.6 Å². The van der Waals surface area contributed by atoms with Crippen LogP contribution >= 0.6 is 11.6 Å². The molecule has 0 radical (unpaired) electrons. The minimum absolute atomic E-state index is 0.0464. The summed E-state index contributed by atoms with van der Waals surface area (Å²) in [7, 11) is 0. The van der Waals surface area contributed by atoms with Gasteiger partial charge >= 0.3 is 0 Å². The Balaban J connectivity index is 2.14. The van der Waals surface area contributed by atoms with E-state index in [0.717, 1.165) is 6.07 Å². The van der Waals surface area contributed by atoms with Gasteiger partial charge in [0.15, 0.2) is 11.6 Å². The first-order chi connectivity index (χ1) is 11.9. The van der Waals surface area contributed by atoms with Crippen LogP contribution in [-0.2, 0) is 11.2 Å². The lowest BCUT2D eigenvalue weighted by Crippen LogP contribution is -2.49. The van der Waals surface area contributed by atoms with E-state index in [9.17, 15) is 13.6 Å². The van der Waals surface area contributed by atoms with Crippen molar-refractivity contribution in [1.29, 1.82) is 0 Å². The number of amides is 1. The van der Waals surface area contributed by atoms with Gasteiger partial charge in [-0.15, -0.1) is 6.58 Å². The van der Waals surface area contributed by atoms with Crippen LogP contribution in [0.3, 0.4) is 0 Å². The number of hydrogen-bond donors (Lipinski definition) is 1. The van der Waals surface area contributed by atoms with E-state index in [4.69, 9.17) is 22.1 Å². The quantitative estimate of drug-likeness (QED) is 0.839. The Morgan fingerprint density at radius 2 is 2.12 bits per heavy atom. The van der Waals surface area contributed by atoms with E-state index in [1.165, 1.54) is 29.2 Å². The molecule has 0 aromatic heterocycles. The largest absolute Gasteiger partial charge is 0.450 e. The molecular weight excluding hydrogens is 350 g/mol. The maximum absolute atomic E-state index is 14.5. The Kier molecular flexibility index (Phi) is 4.74. The number of nitrogens with two attached hydrogens (primary N) is 1. The molecule has 4 nitrogen and oxygen atoms in total. The van der Waals surface area contributed by atoms with E-state index in [-0.39, 0.29) is 41.1 Å². The fraction of sp³-hybridized carbons (Fsp3) is 0.167. The molecule has 25 heavy (non-hydrogen) atoms. The lowest BCUT2D eigenvalue weighted by molar-refractivity contribution is -0.120. The highest BCUT2D eigenvalue weighted by Gasteiger charge is 2.34. The van der Waals surface area contributed by atoms with Gasteiger partial charge in [0, 0.05) is 12.6 Å². The zero-order valence-electron chi connectivity index (χ0n) is 13.1. The summed E-state index contributed by atoms with van der Waals surface area (Å²) >= 11 is 6.00. The van der Waals surface area contributed by atoms with E-state index in [1.54, 1.807) is 6.07 Å². The second kappa shape index (κ2) is 6.82. The van der Waals surface area contributed by atoms with Crippen LogP contribution in [0.25, 0.3) is 0 Å². The zero-order valence-corrected chi connectivity index (χ0v) is 13.9. The van der Waals surface area contributed by atoms with Crippen molar-refractivity contribution in [2.24, 2.45) is 5.73 Å². The maximum atomic E-state index is 14.5. The Morgan fingerprint density at radius 1 is 1.36 bits per heavy atom. The standard InChI is InChI=1S/C18H15ClF2N2O2/c1-2-7-23-16-10(8-14(22)18(23)24)3-6-13(21)17(16)25-15-9-11(20)4-5-12(15)19/h2-6,9,14H,1,7-8,22H2/t14-/m1/s1. The number of rotatable bonds is 4. The van der Waals surface area contributed by atoms with Crippen LogP contribution in [-0.4, -0.2) is 18.5 Å². The van der Waals surface area contributed by atoms with Crippen molar-refractivity contribution in [1.82, 2.24) is 0 Å². The molecule has 1 atom stereocenters. The monoisotopic (exact) mass is 364 g/mol. The van der Waals surface area contributed by atoms with Gasteiger partial charge in [0.25, 0.3) is 0 Å². The summed E-state index contributed by atoms with van der Waals surface area (Å²) in [5, 5.41) is 0.118. The van der Waals surface area contributed by atoms with Crippen molar-refractivity contribution in [3.05, 3.63) is 65.2 Å². The number of carbonyl (C=O) groups is 1. The van der Waals surface area contributed by atoms with Crippen LogP contribution < -0.4 is 15.4 Å². The second-order valence-corrected chi connectivity index (χ2v) is 6.02.